The Morgan fingerprint density at radius 1 is 1.38 bits per heavy atom. The summed E-state index contributed by atoms with van der Waals surface area (Å²) in [7, 11) is 1.73. The van der Waals surface area contributed by atoms with E-state index in [1.165, 1.54) is 24.8 Å². The summed E-state index contributed by atoms with van der Waals surface area (Å²) in [4.78, 5) is 0. The van der Waals surface area contributed by atoms with E-state index in [1.807, 2.05) is 6.07 Å². The fraction of sp³-hybridized carbons (Fsp3) is 0.571. The van der Waals surface area contributed by atoms with Crippen LogP contribution in [0, 0.1) is 0 Å². The molecule has 1 aromatic carbocycles. The van der Waals surface area contributed by atoms with E-state index < -0.39 is 0 Å². The van der Waals surface area contributed by atoms with Crippen molar-refractivity contribution in [3.63, 3.8) is 0 Å². The van der Waals surface area contributed by atoms with E-state index in [1.54, 1.807) is 7.11 Å². The Hall–Kier alpha value is -1.02. The molecule has 2 rings (SSSR count). The van der Waals surface area contributed by atoms with Crippen molar-refractivity contribution in [2.24, 2.45) is 0 Å². The van der Waals surface area contributed by atoms with Crippen LogP contribution in [0.4, 0.5) is 0 Å². The fourth-order valence-corrected chi connectivity index (χ4v) is 2.74. The monoisotopic (exact) mass is 219 g/mol. The van der Waals surface area contributed by atoms with Gasteiger partial charge < -0.3 is 10.1 Å². The van der Waals surface area contributed by atoms with Crippen LogP contribution in [0.2, 0.25) is 0 Å². The molecule has 0 bridgehead atoms. The van der Waals surface area contributed by atoms with Crippen molar-refractivity contribution >= 4 is 0 Å². The number of methoxy groups -OCH3 is 1. The summed E-state index contributed by atoms with van der Waals surface area (Å²) in [5.41, 5.74) is 1.42. The molecule has 1 saturated carbocycles. The van der Waals surface area contributed by atoms with Gasteiger partial charge >= 0.3 is 0 Å². The van der Waals surface area contributed by atoms with Crippen molar-refractivity contribution in [3.8, 4) is 5.75 Å². The zero-order valence-electron chi connectivity index (χ0n) is 10.2. The number of hydrogen-bond acceptors (Lipinski definition) is 2. The third kappa shape index (κ3) is 2.38. The van der Waals surface area contributed by atoms with Crippen molar-refractivity contribution in [2.45, 2.75) is 38.1 Å². The SMILES string of the molecule is CCNC1CCCC1c1cccc(OC)c1. The molecule has 0 radical (unpaired) electrons. The topological polar surface area (TPSA) is 21.3 Å². The van der Waals surface area contributed by atoms with E-state index >= 15 is 0 Å². The summed E-state index contributed by atoms with van der Waals surface area (Å²) in [6.07, 6.45) is 3.93. The number of likely N-dealkylation sites (N-methyl/N-ethyl adjacent to an activating group) is 1. The summed E-state index contributed by atoms with van der Waals surface area (Å²) in [5.74, 6) is 1.63. The van der Waals surface area contributed by atoms with Gasteiger partial charge in [0.25, 0.3) is 0 Å². The van der Waals surface area contributed by atoms with Gasteiger partial charge in [-0.15, -0.1) is 0 Å². The largest absolute Gasteiger partial charge is 0.497 e. The number of ether oxygens (including phenoxy) is 1. The molecule has 1 fully saturated rings. The molecule has 0 aromatic heterocycles. The highest BCUT2D eigenvalue weighted by molar-refractivity contribution is 5.32. The Bertz CT molecular complexity index is 337. The van der Waals surface area contributed by atoms with Gasteiger partial charge in [-0.05, 0) is 43.0 Å². The third-order valence-corrected chi connectivity index (χ3v) is 3.50. The molecule has 2 atom stereocenters. The third-order valence-electron chi connectivity index (χ3n) is 3.50. The fourth-order valence-electron chi connectivity index (χ4n) is 2.74. The van der Waals surface area contributed by atoms with E-state index in [0.717, 1.165) is 12.3 Å². The highest BCUT2D eigenvalue weighted by Crippen LogP contribution is 2.35. The molecule has 1 aliphatic rings. The zero-order valence-corrected chi connectivity index (χ0v) is 10.2. The minimum Gasteiger partial charge on any atom is -0.497 e. The van der Waals surface area contributed by atoms with Crippen molar-refractivity contribution in [1.29, 1.82) is 0 Å². The second kappa shape index (κ2) is 5.35. The summed E-state index contributed by atoms with van der Waals surface area (Å²) in [6.45, 7) is 3.24. The number of rotatable bonds is 4. The zero-order chi connectivity index (χ0) is 11.4. The van der Waals surface area contributed by atoms with Gasteiger partial charge in [0, 0.05) is 6.04 Å². The minimum absolute atomic E-state index is 0.650. The van der Waals surface area contributed by atoms with Crippen LogP contribution in [0.15, 0.2) is 24.3 Å². The highest BCUT2D eigenvalue weighted by Gasteiger charge is 2.27. The Labute approximate surface area is 98.0 Å². The molecule has 2 unspecified atom stereocenters. The first-order valence-corrected chi connectivity index (χ1v) is 6.22. The Morgan fingerprint density at radius 3 is 3.00 bits per heavy atom. The van der Waals surface area contributed by atoms with Crippen LogP contribution in [0.1, 0.15) is 37.7 Å². The molecule has 88 valence electrons. The van der Waals surface area contributed by atoms with Gasteiger partial charge in [-0.2, -0.15) is 0 Å². The first kappa shape index (κ1) is 11.5. The predicted molar refractivity (Wildman–Crippen MR) is 67.1 cm³/mol. The first-order chi connectivity index (χ1) is 7.85. The van der Waals surface area contributed by atoms with E-state index in [0.29, 0.717) is 12.0 Å². The van der Waals surface area contributed by atoms with E-state index in [-0.39, 0.29) is 0 Å². The number of nitrogens with one attached hydrogen (secondary N) is 1. The Balaban J connectivity index is 2.15. The van der Waals surface area contributed by atoms with Gasteiger partial charge in [0.15, 0.2) is 0 Å². The highest BCUT2D eigenvalue weighted by atomic mass is 16.5. The maximum absolute atomic E-state index is 5.29. The first-order valence-electron chi connectivity index (χ1n) is 6.22. The van der Waals surface area contributed by atoms with Gasteiger partial charge in [-0.25, -0.2) is 0 Å². The van der Waals surface area contributed by atoms with Crippen molar-refractivity contribution in [2.75, 3.05) is 13.7 Å². The quantitative estimate of drug-likeness (QED) is 0.840. The lowest BCUT2D eigenvalue weighted by molar-refractivity contribution is 0.412. The van der Waals surface area contributed by atoms with Gasteiger partial charge in [0.2, 0.25) is 0 Å². The average molecular weight is 219 g/mol. The summed E-state index contributed by atoms with van der Waals surface area (Å²) in [5, 5.41) is 3.59. The lowest BCUT2D eigenvalue weighted by Gasteiger charge is -2.21. The van der Waals surface area contributed by atoms with E-state index in [2.05, 4.69) is 30.4 Å². The second-order valence-electron chi connectivity index (χ2n) is 4.48. The van der Waals surface area contributed by atoms with Crippen LogP contribution in [0.25, 0.3) is 0 Å². The maximum Gasteiger partial charge on any atom is 0.119 e. The molecule has 0 heterocycles. The molecular weight excluding hydrogens is 198 g/mol. The summed E-state index contributed by atoms with van der Waals surface area (Å²) >= 11 is 0. The second-order valence-corrected chi connectivity index (χ2v) is 4.48. The lowest BCUT2D eigenvalue weighted by atomic mass is 9.94. The van der Waals surface area contributed by atoms with Crippen LogP contribution in [-0.4, -0.2) is 19.7 Å². The van der Waals surface area contributed by atoms with E-state index in [4.69, 9.17) is 4.74 Å². The minimum atomic E-state index is 0.650. The van der Waals surface area contributed by atoms with Gasteiger partial charge in [0.05, 0.1) is 7.11 Å². The molecule has 2 nitrogen and oxygen atoms in total. The predicted octanol–water partition coefficient (Wildman–Crippen LogP) is 2.94. The molecule has 0 spiro atoms. The van der Waals surface area contributed by atoms with Crippen molar-refractivity contribution < 1.29 is 4.74 Å². The van der Waals surface area contributed by atoms with Gasteiger partial charge in [0.1, 0.15) is 5.75 Å². The molecule has 1 aromatic rings. The Morgan fingerprint density at radius 2 is 2.25 bits per heavy atom. The van der Waals surface area contributed by atoms with Gasteiger partial charge in [-0.1, -0.05) is 25.5 Å². The normalized spacial score (nSPS) is 24.6. The molecule has 2 heteroatoms. The molecule has 16 heavy (non-hydrogen) atoms. The Kier molecular flexibility index (Phi) is 3.83. The van der Waals surface area contributed by atoms with Crippen LogP contribution in [0.5, 0.6) is 5.75 Å². The summed E-state index contributed by atoms with van der Waals surface area (Å²) < 4.78 is 5.29. The molecule has 1 N–H and O–H groups in total. The molecule has 0 saturated heterocycles. The van der Waals surface area contributed by atoms with E-state index in [9.17, 15) is 0 Å². The standard InChI is InChI=1S/C14H21NO/c1-3-15-14-9-5-8-13(14)11-6-4-7-12(10-11)16-2/h4,6-7,10,13-15H,3,5,8-9H2,1-2H3. The van der Waals surface area contributed by atoms with Crippen LogP contribution in [-0.2, 0) is 0 Å². The molecule has 0 aliphatic heterocycles. The lowest BCUT2D eigenvalue weighted by Crippen LogP contribution is -2.30. The number of hydrogen-bond donors (Lipinski definition) is 1. The van der Waals surface area contributed by atoms with Crippen LogP contribution < -0.4 is 10.1 Å². The van der Waals surface area contributed by atoms with Crippen molar-refractivity contribution in [1.82, 2.24) is 5.32 Å². The number of benzene rings is 1. The van der Waals surface area contributed by atoms with Gasteiger partial charge in [-0.3, -0.25) is 0 Å². The molecular formula is C14H21NO. The van der Waals surface area contributed by atoms with Crippen LogP contribution in [0.3, 0.4) is 0 Å². The van der Waals surface area contributed by atoms with Crippen LogP contribution >= 0.6 is 0 Å². The van der Waals surface area contributed by atoms with Crippen molar-refractivity contribution in [3.05, 3.63) is 29.8 Å². The average Bonchev–Trinajstić information content (AvgIpc) is 2.78. The maximum atomic E-state index is 5.29. The summed E-state index contributed by atoms with van der Waals surface area (Å²) in [6, 6.07) is 9.16. The molecule has 1 aliphatic carbocycles. The smallest absolute Gasteiger partial charge is 0.119 e. The molecule has 0 amide bonds.